The molecule has 0 spiro atoms. The molecule has 20 heavy (non-hydrogen) atoms. The number of hydrogen-bond acceptors (Lipinski definition) is 1. The summed E-state index contributed by atoms with van der Waals surface area (Å²) in [6.45, 7) is 11.2. The van der Waals surface area contributed by atoms with Crippen LogP contribution in [0, 0.1) is 11.8 Å². The molecule has 114 valence electrons. The number of rotatable bonds is 4. The largest absolute Gasteiger partial charge is 0.266 e. The molecule has 0 aromatic carbocycles. The highest BCUT2D eigenvalue weighted by atomic mass is 35.5. The van der Waals surface area contributed by atoms with Crippen molar-refractivity contribution in [1.29, 1.82) is 0 Å². The minimum Gasteiger partial charge on any atom is -0.266 e. The minimum atomic E-state index is 0.0621. The van der Waals surface area contributed by atoms with Gasteiger partial charge < -0.3 is 0 Å². The molecule has 1 aromatic rings. The van der Waals surface area contributed by atoms with Crippen molar-refractivity contribution in [3.63, 3.8) is 0 Å². The Balaban J connectivity index is 2.40. The van der Waals surface area contributed by atoms with Crippen molar-refractivity contribution in [2.24, 2.45) is 11.8 Å². The molecule has 1 saturated carbocycles. The molecule has 0 radical (unpaired) electrons. The van der Waals surface area contributed by atoms with Crippen LogP contribution < -0.4 is 0 Å². The zero-order chi connectivity index (χ0) is 14.9. The van der Waals surface area contributed by atoms with Gasteiger partial charge in [-0.05, 0) is 50.9 Å². The van der Waals surface area contributed by atoms with Crippen LogP contribution >= 0.6 is 11.6 Å². The second kappa shape index (κ2) is 6.51. The number of hydrogen-bond donors (Lipinski definition) is 0. The van der Waals surface area contributed by atoms with Crippen LogP contribution in [0.5, 0.6) is 0 Å². The maximum atomic E-state index is 6.43. The van der Waals surface area contributed by atoms with Gasteiger partial charge in [0.15, 0.2) is 0 Å². The van der Waals surface area contributed by atoms with Gasteiger partial charge in [-0.1, -0.05) is 27.7 Å². The van der Waals surface area contributed by atoms with Crippen LogP contribution in [0.15, 0.2) is 0 Å². The third-order valence-electron chi connectivity index (χ3n) is 4.69. The van der Waals surface area contributed by atoms with Crippen molar-refractivity contribution in [2.75, 3.05) is 0 Å². The van der Waals surface area contributed by atoms with Crippen molar-refractivity contribution in [3.05, 3.63) is 17.0 Å². The zero-order valence-electron chi connectivity index (χ0n) is 13.6. The van der Waals surface area contributed by atoms with Gasteiger partial charge >= 0.3 is 0 Å². The molecular weight excluding hydrogens is 268 g/mol. The zero-order valence-corrected chi connectivity index (χ0v) is 14.4. The molecule has 1 fully saturated rings. The van der Waals surface area contributed by atoms with E-state index in [0.29, 0.717) is 6.04 Å². The first-order valence-electron chi connectivity index (χ1n) is 8.22. The molecular formula is C17H29ClN2. The predicted octanol–water partition coefficient (Wildman–Crippen LogP) is 5.30. The van der Waals surface area contributed by atoms with E-state index in [0.717, 1.165) is 24.7 Å². The first-order chi connectivity index (χ1) is 9.47. The molecule has 0 aliphatic heterocycles. The highest BCUT2D eigenvalue weighted by Crippen LogP contribution is 2.38. The van der Waals surface area contributed by atoms with Crippen LogP contribution in [-0.2, 0) is 12.8 Å². The fourth-order valence-electron chi connectivity index (χ4n) is 4.01. The lowest BCUT2D eigenvalue weighted by Crippen LogP contribution is -2.24. The summed E-state index contributed by atoms with van der Waals surface area (Å²) >= 11 is 6.43. The third-order valence-corrected chi connectivity index (χ3v) is 4.91. The molecule has 2 rings (SSSR count). The molecule has 3 unspecified atom stereocenters. The van der Waals surface area contributed by atoms with Gasteiger partial charge in [-0.15, -0.1) is 11.6 Å². The van der Waals surface area contributed by atoms with E-state index in [9.17, 15) is 0 Å². The van der Waals surface area contributed by atoms with Gasteiger partial charge in [0.1, 0.15) is 0 Å². The first-order valence-corrected chi connectivity index (χ1v) is 8.65. The molecule has 3 atom stereocenters. The summed E-state index contributed by atoms with van der Waals surface area (Å²) in [4.78, 5) is 0. The highest BCUT2D eigenvalue weighted by molar-refractivity contribution is 6.20. The van der Waals surface area contributed by atoms with E-state index >= 15 is 0 Å². The van der Waals surface area contributed by atoms with E-state index in [4.69, 9.17) is 16.7 Å². The van der Waals surface area contributed by atoms with Crippen LogP contribution in [0.2, 0.25) is 0 Å². The van der Waals surface area contributed by atoms with E-state index in [1.165, 1.54) is 36.2 Å². The Bertz CT molecular complexity index is 440. The minimum absolute atomic E-state index is 0.0621. The molecule has 0 amide bonds. The third kappa shape index (κ3) is 3.05. The number of alkyl halides is 1. The van der Waals surface area contributed by atoms with E-state index < -0.39 is 0 Å². The Morgan fingerprint density at radius 2 is 1.75 bits per heavy atom. The Morgan fingerprint density at radius 1 is 1.15 bits per heavy atom. The summed E-state index contributed by atoms with van der Waals surface area (Å²) < 4.78 is 2.33. The summed E-state index contributed by atoms with van der Waals surface area (Å²) in [5, 5.41) is 5.01. The van der Waals surface area contributed by atoms with E-state index in [2.05, 4.69) is 39.3 Å². The fourth-order valence-corrected chi connectivity index (χ4v) is 4.27. The van der Waals surface area contributed by atoms with Crippen molar-refractivity contribution < 1.29 is 0 Å². The van der Waals surface area contributed by atoms with Crippen LogP contribution in [0.4, 0.5) is 0 Å². The standard InChI is InChI=1S/C17H29ClN2/c1-6-15-17(13(5)18)16(7-2)20(19-15)14-9-11(3)8-12(4)10-14/h11-14H,6-10H2,1-5H3. The molecule has 1 aromatic heterocycles. The van der Waals surface area contributed by atoms with Crippen molar-refractivity contribution >= 4 is 11.6 Å². The van der Waals surface area contributed by atoms with E-state index in [-0.39, 0.29) is 5.38 Å². The second-order valence-corrected chi connectivity index (χ2v) is 7.30. The number of nitrogens with zero attached hydrogens (tertiary/aromatic N) is 2. The van der Waals surface area contributed by atoms with Crippen LogP contribution in [0.1, 0.15) is 82.3 Å². The van der Waals surface area contributed by atoms with Gasteiger partial charge in [-0.2, -0.15) is 5.10 Å². The molecule has 0 saturated heterocycles. The topological polar surface area (TPSA) is 17.8 Å². The van der Waals surface area contributed by atoms with Gasteiger partial charge in [0.25, 0.3) is 0 Å². The molecule has 1 heterocycles. The Labute approximate surface area is 128 Å². The van der Waals surface area contributed by atoms with Gasteiger partial charge in [0.05, 0.1) is 17.1 Å². The summed E-state index contributed by atoms with van der Waals surface area (Å²) in [5.74, 6) is 1.61. The molecule has 3 heteroatoms. The summed E-state index contributed by atoms with van der Waals surface area (Å²) in [5.41, 5.74) is 3.87. The lowest BCUT2D eigenvalue weighted by atomic mass is 9.80. The van der Waals surface area contributed by atoms with Crippen LogP contribution in [0.3, 0.4) is 0 Å². The molecule has 0 bridgehead atoms. The Morgan fingerprint density at radius 3 is 2.20 bits per heavy atom. The number of halogens is 1. The monoisotopic (exact) mass is 296 g/mol. The maximum absolute atomic E-state index is 6.43. The van der Waals surface area contributed by atoms with Gasteiger partial charge in [0.2, 0.25) is 0 Å². The molecule has 1 aliphatic rings. The van der Waals surface area contributed by atoms with Crippen molar-refractivity contribution in [1.82, 2.24) is 9.78 Å². The van der Waals surface area contributed by atoms with Crippen molar-refractivity contribution in [3.8, 4) is 0 Å². The summed E-state index contributed by atoms with van der Waals surface area (Å²) in [7, 11) is 0. The average Bonchev–Trinajstić information content (AvgIpc) is 2.76. The number of aromatic nitrogens is 2. The maximum Gasteiger partial charge on any atom is 0.0671 e. The van der Waals surface area contributed by atoms with E-state index in [1.54, 1.807) is 0 Å². The van der Waals surface area contributed by atoms with Gasteiger partial charge in [-0.3, -0.25) is 4.68 Å². The first kappa shape index (κ1) is 15.9. The molecule has 1 aliphatic carbocycles. The van der Waals surface area contributed by atoms with Gasteiger partial charge in [0, 0.05) is 11.3 Å². The molecule has 2 nitrogen and oxygen atoms in total. The second-order valence-electron chi connectivity index (χ2n) is 6.65. The summed E-state index contributed by atoms with van der Waals surface area (Å²) in [6.07, 6.45) is 5.89. The van der Waals surface area contributed by atoms with Crippen LogP contribution in [0.25, 0.3) is 0 Å². The normalized spacial score (nSPS) is 28.6. The quantitative estimate of drug-likeness (QED) is 0.689. The highest BCUT2D eigenvalue weighted by Gasteiger charge is 2.29. The predicted molar refractivity (Wildman–Crippen MR) is 86.5 cm³/mol. The lowest BCUT2D eigenvalue weighted by Gasteiger charge is -2.32. The Hall–Kier alpha value is -0.500. The van der Waals surface area contributed by atoms with Gasteiger partial charge in [-0.25, -0.2) is 0 Å². The Kier molecular flexibility index (Phi) is 5.17. The fraction of sp³-hybridized carbons (Fsp3) is 0.824. The summed E-state index contributed by atoms with van der Waals surface area (Å²) in [6, 6.07) is 0.568. The van der Waals surface area contributed by atoms with Crippen LogP contribution in [-0.4, -0.2) is 9.78 Å². The smallest absolute Gasteiger partial charge is 0.0671 e. The number of aryl methyl sites for hydroxylation is 1. The van der Waals surface area contributed by atoms with E-state index in [1.807, 2.05) is 0 Å². The average molecular weight is 297 g/mol. The SMILES string of the molecule is CCc1nn(C2CC(C)CC(C)C2)c(CC)c1C(C)Cl. The lowest BCUT2D eigenvalue weighted by molar-refractivity contribution is 0.206. The molecule has 0 N–H and O–H groups in total. The van der Waals surface area contributed by atoms with Crippen molar-refractivity contribution in [2.45, 2.75) is 78.1 Å².